The number of benzene rings is 1. The van der Waals surface area contributed by atoms with E-state index in [-0.39, 0.29) is 11.7 Å². The van der Waals surface area contributed by atoms with Crippen LogP contribution in [0.2, 0.25) is 0 Å². The zero-order chi connectivity index (χ0) is 18.5. The van der Waals surface area contributed by atoms with Crippen molar-refractivity contribution in [2.75, 3.05) is 5.32 Å². The maximum absolute atomic E-state index is 12.2. The van der Waals surface area contributed by atoms with Crippen LogP contribution in [0.5, 0.6) is 5.75 Å². The maximum Gasteiger partial charge on any atom is 0.387 e. The molecule has 0 fully saturated rings. The van der Waals surface area contributed by atoms with Gasteiger partial charge in [-0.3, -0.25) is 4.79 Å². The van der Waals surface area contributed by atoms with Crippen molar-refractivity contribution in [3.8, 4) is 17.0 Å². The Labute approximate surface area is 157 Å². The number of amides is 1. The minimum absolute atomic E-state index is 0.0859. The van der Waals surface area contributed by atoms with Gasteiger partial charge in [0.2, 0.25) is 5.91 Å². The standard InChI is InChI=1S/C18H16F2N2O2S2/c1-11-16(13-3-5-14(6-4-13)24-17(19)20)22-18(26-11)21-15(23)7-2-12-8-9-25-10-12/h3-6,8-10,17H,2,7H2,1H3,(H,21,22,23). The summed E-state index contributed by atoms with van der Waals surface area (Å²) in [4.78, 5) is 17.5. The summed E-state index contributed by atoms with van der Waals surface area (Å²) in [6.45, 7) is -0.949. The van der Waals surface area contributed by atoms with Gasteiger partial charge in [-0.2, -0.15) is 20.1 Å². The van der Waals surface area contributed by atoms with Crippen LogP contribution in [0.15, 0.2) is 41.1 Å². The maximum atomic E-state index is 12.2. The zero-order valence-corrected chi connectivity index (χ0v) is 15.5. The Bertz CT molecular complexity index is 862. The molecule has 3 rings (SSSR count). The molecule has 0 bridgehead atoms. The fourth-order valence-corrected chi connectivity index (χ4v) is 3.94. The number of carbonyl (C=O) groups excluding carboxylic acids is 1. The third-order valence-electron chi connectivity index (χ3n) is 3.62. The van der Waals surface area contributed by atoms with Crippen LogP contribution in [0.25, 0.3) is 11.3 Å². The third-order valence-corrected chi connectivity index (χ3v) is 5.23. The number of thiophene rings is 1. The van der Waals surface area contributed by atoms with Crippen molar-refractivity contribution in [1.29, 1.82) is 0 Å². The van der Waals surface area contributed by atoms with Crippen LogP contribution >= 0.6 is 22.7 Å². The Morgan fingerprint density at radius 1 is 1.27 bits per heavy atom. The van der Waals surface area contributed by atoms with Crippen molar-refractivity contribution in [1.82, 2.24) is 4.98 Å². The van der Waals surface area contributed by atoms with Gasteiger partial charge in [0.05, 0.1) is 5.69 Å². The molecule has 0 saturated carbocycles. The number of halogens is 2. The van der Waals surface area contributed by atoms with Gasteiger partial charge in [-0.25, -0.2) is 4.98 Å². The average Bonchev–Trinajstić information content (AvgIpc) is 3.23. The van der Waals surface area contributed by atoms with Crippen LogP contribution in [-0.4, -0.2) is 17.5 Å². The molecule has 1 N–H and O–H groups in total. The first-order valence-corrected chi connectivity index (χ1v) is 9.61. The number of aromatic nitrogens is 1. The average molecular weight is 394 g/mol. The summed E-state index contributed by atoms with van der Waals surface area (Å²) in [7, 11) is 0. The zero-order valence-electron chi connectivity index (χ0n) is 13.9. The lowest BCUT2D eigenvalue weighted by molar-refractivity contribution is -0.116. The van der Waals surface area contributed by atoms with E-state index in [0.717, 1.165) is 16.0 Å². The molecule has 136 valence electrons. The van der Waals surface area contributed by atoms with Crippen molar-refractivity contribution < 1.29 is 18.3 Å². The molecule has 26 heavy (non-hydrogen) atoms. The first-order valence-electron chi connectivity index (χ1n) is 7.85. The molecule has 0 atom stereocenters. The van der Waals surface area contributed by atoms with Crippen LogP contribution in [0, 0.1) is 6.92 Å². The van der Waals surface area contributed by atoms with Gasteiger partial charge in [-0.15, -0.1) is 11.3 Å². The number of nitrogens with one attached hydrogen (secondary N) is 1. The molecule has 4 nitrogen and oxygen atoms in total. The Hall–Kier alpha value is -2.32. The molecule has 0 radical (unpaired) electrons. The van der Waals surface area contributed by atoms with E-state index in [1.807, 2.05) is 23.8 Å². The second-order valence-electron chi connectivity index (χ2n) is 5.51. The highest BCUT2D eigenvalue weighted by atomic mass is 32.1. The van der Waals surface area contributed by atoms with Crippen LogP contribution in [0.3, 0.4) is 0 Å². The summed E-state index contributed by atoms with van der Waals surface area (Å²) in [5.41, 5.74) is 2.64. The number of hydrogen-bond acceptors (Lipinski definition) is 5. The van der Waals surface area contributed by atoms with Gasteiger partial charge in [-0.1, -0.05) is 0 Å². The summed E-state index contributed by atoms with van der Waals surface area (Å²) < 4.78 is 28.8. The molecule has 8 heteroatoms. The Morgan fingerprint density at radius 3 is 2.69 bits per heavy atom. The smallest absolute Gasteiger partial charge is 0.387 e. The molecular formula is C18H16F2N2O2S2. The predicted molar refractivity (Wildman–Crippen MR) is 100 cm³/mol. The van der Waals surface area contributed by atoms with E-state index < -0.39 is 6.61 Å². The lowest BCUT2D eigenvalue weighted by Gasteiger charge is -2.05. The molecule has 1 amide bonds. The second-order valence-corrected chi connectivity index (χ2v) is 7.49. The van der Waals surface area contributed by atoms with Crippen LogP contribution in [0.4, 0.5) is 13.9 Å². The largest absolute Gasteiger partial charge is 0.435 e. The Kier molecular flexibility index (Phi) is 5.95. The van der Waals surface area contributed by atoms with Crippen molar-refractivity contribution in [3.63, 3.8) is 0 Å². The van der Waals surface area contributed by atoms with Gasteiger partial charge in [0.25, 0.3) is 0 Å². The molecule has 0 unspecified atom stereocenters. The number of aryl methyl sites for hydroxylation is 2. The van der Waals surface area contributed by atoms with E-state index in [9.17, 15) is 13.6 Å². The highest BCUT2D eigenvalue weighted by Crippen LogP contribution is 2.31. The molecular weight excluding hydrogens is 378 g/mol. The number of anilines is 1. The number of ether oxygens (including phenoxy) is 1. The fourth-order valence-electron chi connectivity index (χ4n) is 2.39. The molecule has 1 aromatic carbocycles. The topological polar surface area (TPSA) is 51.2 Å². The highest BCUT2D eigenvalue weighted by molar-refractivity contribution is 7.16. The van der Waals surface area contributed by atoms with Crippen molar-refractivity contribution in [2.45, 2.75) is 26.4 Å². The van der Waals surface area contributed by atoms with E-state index in [1.54, 1.807) is 23.5 Å². The van der Waals surface area contributed by atoms with Gasteiger partial charge in [-0.05, 0) is 60.0 Å². The molecule has 0 aliphatic rings. The molecule has 2 aromatic heterocycles. The summed E-state index contributed by atoms with van der Waals surface area (Å²) in [6, 6.07) is 8.29. The van der Waals surface area contributed by atoms with E-state index in [4.69, 9.17) is 0 Å². The predicted octanol–water partition coefficient (Wildman–Crippen LogP) is 5.35. The van der Waals surface area contributed by atoms with E-state index in [2.05, 4.69) is 15.0 Å². The minimum Gasteiger partial charge on any atom is -0.435 e. The SMILES string of the molecule is Cc1sc(NC(=O)CCc2ccsc2)nc1-c1ccc(OC(F)F)cc1. The second kappa shape index (κ2) is 8.37. The molecule has 0 aliphatic heterocycles. The first kappa shape index (κ1) is 18.5. The van der Waals surface area contributed by atoms with Crippen molar-refractivity contribution in [3.05, 3.63) is 51.5 Å². The number of alkyl halides is 2. The van der Waals surface area contributed by atoms with Gasteiger partial charge in [0.15, 0.2) is 5.13 Å². The molecule has 0 spiro atoms. The first-order chi connectivity index (χ1) is 12.5. The van der Waals surface area contributed by atoms with Crippen LogP contribution in [0.1, 0.15) is 16.9 Å². The van der Waals surface area contributed by atoms with Crippen LogP contribution < -0.4 is 10.1 Å². The van der Waals surface area contributed by atoms with Gasteiger partial charge >= 0.3 is 6.61 Å². The monoisotopic (exact) mass is 394 g/mol. The number of nitrogens with zero attached hydrogens (tertiary/aromatic N) is 1. The number of carbonyl (C=O) groups is 1. The van der Waals surface area contributed by atoms with Crippen molar-refractivity contribution in [2.24, 2.45) is 0 Å². The van der Waals surface area contributed by atoms with Crippen LogP contribution in [-0.2, 0) is 11.2 Å². The van der Waals surface area contributed by atoms with E-state index >= 15 is 0 Å². The quantitative estimate of drug-likeness (QED) is 0.587. The molecule has 0 aliphatic carbocycles. The summed E-state index contributed by atoms with van der Waals surface area (Å²) in [6.07, 6.45) is 1.09. The molecule has 3 aromatic rings. The number of rotatable bonds is 7. The summed E-state index contributed by atoms with van der Waals surface area (Å²) >= 11 is 2.99. The summed E-state index contributed by atoms with van der Waals surface area (Å²) in [5, 5.41) is 7.36. The normalized spacial score (nSPS) is 10.9. The summed E-state index contributed by atoms with van der Waals surface area (Å²) in [5.74, 6) is 0.00997. The minimum atomic E-state index is -2.85. The lowest BCUT2D eigenvalue weighted by Crippen LogP contribution is -2.11. The van der Waals surface area contributed by atoms with Crippen molar-refractivity contribution >= 4 is 33.7 Å². The highest BCUT2D eigenvalue weighted by Gasteiger charge is 2.13. The van der Waals surface area contributed by atoms with Gasteiger partial charge in [0.1, 0.15) is 5.75 Å². The Morgan fingerprint density at radius 2 is 2.04 bits per heavy atom. The molecule has 2 heterocycles. The number of hydrogen-bond donors (Lipinski definition) is 1. The molecule has 0 saturated heterocycles. The Balaban J connectivity index is 1.63. The third kappa shape index (κ3) is 4.86. The lowest BCUT2D eigenvalue weighted by atomic mass is 10.1. The fraction of sp³-hybridized carbons (Fsp3) is 0.222. The van der Waals surface area contributed by atoms with E-state index in [0.29, 0.717) is 23.7 Å². The van der Waals surface area contributed by atoms with Gasteiger partial charge in [0, 0.05) is 16.9 Å². The number of thiazole rings is 1. The van der Waals surface area contributed by atoms with E-state index in [1.165, 1.54) is 23.5 Å². The van der Waals surface area contributed by atoms with Gasteiger partial charge < -0.3 is 10.1 Å².